The van der Waals surface area contributed by atoms with Crippen LogP contribution < -0.4 is 5.32 Å². The molecule has 0 atom stereocenters. The molecule has 0 aliphatic carbocycles. The van der Waals surface area contributed by atoms with Crippen molar-refractivity contribution in [2.75, 3.05) is 5.32 Å². The van der Waals surface area contributed by atoms with Gasteiger partial charge in [0.15, 0.2) is 0 Å². The Kier molecular flexibility index (Phi) is 2.83. The van der Waals surface area contributed by atoms with E-state index in [1.807, 2.05) is 50.2 Å². The highest BCUT2D eigenvalue weighted by Gasteiger charge is 2.05. The van der Waals surface area contributed by atoms with Gasteiger partial charge in [-0.1, -0.05) is 24.3 Å². The summed E-state index contributed by atoms with van der Waals surface area (Å²) in [5.41, 5.74) is 4.95. The van der Waals surface area contributed by atoms with E-state index in [1.54, 1.807) is 0 Å². The lowest BCUT2D eigenvalue weighted by Crippen LogP contribution is -2.00. The van der Waals surface area contributed by atoms with E-state index in [0.29, 0.717) is 5.95 Å². The SMILES string of the molecule is Cc1cc(C)c2nc(Nc3ccccc3)nnc2c1. The lowest BCUT2D eigenvalue weighted by Gasteiger charge is -2.06. The molecule has 19 heavy (non-hydrogen) atoms. The van der Waals surface area contributed by atoms with Gasteiger partial charge in [-0.15, -0.1) is 10.2 Å². The number of rotatable bonds is 2. The molecule has 0 amide bonds. The molecule has 2 aromatic carbocycles. The van der Waals surface area contributed by atoms with Crippen LogP contribution in [-0.4, -0.2) is 15.2 Å². The van der Waals surface area contributed by atoms with Crippen LogP contribution in [0.1, 0.15) is 11.1 Å². The third kappa shape index (κ3) is 2.38. The molecular formula is C15H14N4. The van der Waals surface area contributed by atoms with Crippen molar-refractivity contribution in [3.8, 4) is 0 Å². The van der Waals surface area contributed by atoms with Crippen LogP contribution in [0.3, 0.4) is 0 Å². The number of fused-ring (bicyclic) bond motifs is 1. The average molecular weight is 250 g/mol. The van der Waals surface area contributed by atoms with E-state index in [0.717, 1.165) is 22.3 Å². The first-order valence-electron chi connectivity index (χ1n) is 6.16. The van der Waals surface area contributed by atoms with Gasteiger partial charge in [0.1, 0.15) is 5.52 Å². The summed E-state index contributed by atoms with van der Waals surface area (Å²) in [6, 6.07) is 13.9. The summed E-state index contributed by atoms with van der Waals surface area (Å²) in [6.07, 6.45) is 0. The number of hydrogen-bond acceptors (Lipinski definition) is 4. The Bertz CT molecular complexity index is 723. The molecule has 0 saturated carbocycles. The van der Waals surface area contributed by atoms with Gasteiger partial charge in [-0.25, -0.2) is 4.98 Å². The van der Waals surface area contributed by atoms with Crippen LogP contribution in [0.25, 0.3) is 11.0 Å². The molecule has 1 aromatic heterocycles. The molecule has 0 fully saturated rings. The van der Waals surface area contributed by atoms with E-state index in [9.17, 15) is 0 Å². The van der Waals surface area contributed by atoms with Gasteiger partial charge < -0.3 is 5.32 Å². The molecule has 1 N–H and O–H groups in total. The van der Waals surface area contributed by atoms with Gasteiger partial charge in [-0.3, -0.25) is 0 Å². The largest absolute Gasteiger partial charge is 0.323 e. The quantitative estimate of drug-likeness (QED) is 0.757. The van der Waals surface area contributed by atoms with Gasteiger partial charge in [0.05, 0.1) is 5.52 Å². The third-order valence-corrected chi connectivity index (χ3v) is 2.92. The first-order valence-corrected chi connectivity index (χ1v) is 6.16. The summed E-state index contributed by atoms with van der Waals surface area (Å²) in [7, 11) is 0. The second-order valence-electron chi connectivity index (χ2n) is 4.58. The summed E-state index contributed by atoms with van der Waals surface area (Å²) in [4.78, 5) is 4.53. The number of benzene rings is 2. The maximum atomic E-state index is 4.53. The van der Waals surface area contributed by atoms with Gasteiger partial charge in [0.25, 0.3) is 0 Å². The molecule has 0 saturated heterocycles. The minimum atomic E-state index is 0.519. The molecule has 4 heteroatoms. The van der Waals surface area contributed by atoms with Crippen molar-refractivity contribution in [1.29, 1.82) is 0 Å². The van der Waals surface area contributed by atoms with Crippen molar-refractivity contribution in [3.05, 3.63) is 53.6 Å². The minimum Gasteiger partial charge on any atom is -0.323 e. The summed E-state index contributed by atoms with van der Waals surface area (Å²) >= 11 is 0. The van der Waals surface area contributed by atoms with Crippen LogP contribution in [0, 0.1) is 13.8 Å². The molecular weight excluding hydrogens is 236 g/mol. The molecule has 0 aliphatic heterocycles. The van der Waals surface area contributed by atoms with E-state index in [1.165, 1.54) is 5.56 Å². The molecule has 0 aliphatic rings. The van der Waals surface area contributed by atoms with Crippen molar-refractivity contribution in [3.63, 3.8) is 0 Å². The second-order valence-corrected chi connectivity index (χ2v) is 4.58. The number of para-hydroxylation sites is 1. The Labute approximate surface area is 111 Å². The topological polar surface area (TPSA) is 50.7 Å². The predicted molar refractivity (Wildman–Crippen MR) is 76.5 cm³/mol. The van der Waals surface area contributed by atoms with Gasteiger partial charge in [0.2, 0.25) is 5.95 Å². The highest BCUT2D eigenvalue weighted by atomic mass is 15.2. The molecule has 3 aromatic rings. The van der Waals surface area contributed by atoms with E-state index in [2.05, 4.69) is 26.6 Å². The first kappa shape index (κ1) is 11.6. The van der Waals surface area contributed by atoms with Crippen LogP contribution in [0.5, 0.6) is 0 Å². The zero-order valence-electron chi connectivity index (χ0n) is 10.9. The van der Waals surface area contributed by atoms with Crippen molar-refractivity contribution >= 4 is 22.7 Å². The third-order valence-electron chi connectivity index (χ3n) is 2.92. The zero-order chi connectivity index (χ0) is 13.2. The molecule has 0 unspecified atom stereocenters. The maximum absolute atomic E-state index is 4.53. The zero-order valence-corrected chi connectivity index (χ0v) is 10.9. The summed E-state index contributed by atoms with van der Waals surface area (Å²) in [6.45, 7) is 4.08. The Morgan fingerprint density at radius 2 is 1.74 bits per heavy atom. The number of aromatic nitrogens is 3. The van der Waals surface area contributed by atoms with Gasteiger partial charge in [-0.05, 0) is 43.2 Å². The number of nitrogens with zero attached hydrogens (tertiary/aromatic N) is 3. The van der Waals surface area contributed by atoms with Crippen molar-refractivity contribution < 1.29 is 0 Å². The fourth-order valence-electron chi connectivity index (χ4n) is 2.09. The molecule has 1 heterocycles. The molecule has 0 spiro atoms. The minimum absolute atomic E-state index is 0.519. The lowest BCUT2D eigenvalue weighted by molar-refractivity contribution is 1.03. The highest BCUT2D eigenvalue weighted by Crippen LogP contribution is 2.18. The Morgan fingerprint density at radius 3 is 2.53 bits per heavy atom. The highest BCUT2D eigenvalue weighted by molar-refractivity contribution is 5.79. The first-order chi connectivity index (χ1) is 9.22. The van der Waals surface area contributed by atoms with E-state index >= 15 is 0 Å². The fourth-order valence-corrected chi connectivity index (χ4v) is 2.09. The Balaban J connectivity index is 2.02. The lowest BCUT2D eigenvalue weighted by atomic mass is 10.1. The van der Waals surface area contributed by atoms with E-state index in [4.69, 9.17) is 0 Å². The maximum Gasteiger partial charge on any atom is 0.247 e. The van der Waals surface area contributed by atoms with Crippen LogP contribution in [0.15, 0.2) is 42.5 Å². The van der Waals surface area contributed by atoms with Crippen LogP contribution in [-0.2, 0) is 0 Å². The molecule has 0 radical (unpaired) electrons. The molecule has 3 rings (SSSR count). The summed E-state index contributed by atoms with van der Waals surface area (Å²) in [5, 5.41) is 11.5. The monoisotopic (exact) mass is 250 g/mol. The second kappa shape index (κ2) is 4.65. The smallest absolute Gasteiger partial charge is 0.247 e. The van der Waals surface area contributed by atoms with Crippen LogP contribution in [0.2, 0.25) is 0 Å². The van der Waals surface area contributed by atoms with Gasteiger partial charge in [-0.2, -0.15) is 0 Å². The molecule has 0 bridgehead atoms. The van der Waals surface area contributed by atoms with Gasteiger partial charge in [0, 0.05) is 5.69 Å². The van der Waals surface area contributed by atoms with Crippen molar-refractivity contribution in [2.24, 2.45) is 0 Å². The van der Waals surface area contributed by atoms with Crippen molar-refractivity contribution in [1.82, 2.24) is 15.2 Å². The summed E-state index contributed by atoms with van der Waals surface area (Å²) < 4.78 is 0. The van der Waals surface area contributed by atoms with Gasteiger partial charge >= 0.3 is 0 Å². The van der Waals surface area contributed by atoms with E-state index < -0.39 is 0 Å². The summed E-state index contributed by atoms with van der Waals surface area (Å²) in [5.74, 6) is 0.519. The van der Waals surface area contributed by atoms with Crippen LogP contribution in [0.4, 0.5) is 11.6 Å². The molecule has 4 nitrogen and oxygen atoms in total. The average Bonchev–Trinajstić information content (AvgIpc) is 2.40. The fraction of sp³-hybridized carbons (Fsp3) is 0.133. The van der Waals surface area contributed by atoms with Crippen molar-refractivity contribution in [2.45, 2.75) is 13.8 Å². The Hall–Kier alpha value is -2.49. The standard InChI is InChI=1S/C15H14N4/c1-10-8-11(2)14-13(9-10)18-19-15(17-14)16-12-6-4-3-5-7-12/h3-9H,1-2H3,(H,16,17,19). The molecule has 94 valence electrons. The van der Waals surface area contributed by atoms with Crippen LogP contribution >= 0.6 is 0 Å². The Morgan fingerprint density at radius 1 is 0.947 bits per heavy atom. The number of aryl methyl sites for hydroxylation is 2. The number of anilines is 2. The number of hydrogen-bond donors (Lipinski definition) is 1. The van der Waals surface area contributed by atoms with E-state index in [-0.39, 0.29) is 0 Å². The predicted octanol–water partition coefficient (Wildman–Crippen LogP) is 3.39. The number of nitrogens with one attached hydrogen (secondary N) is 1. The normalized spacial score (nSPS) is 10.6.